The topological polar surface area (TPSA) is 64.6 Å². The van der Waals surface area contributed by atoms with Gasteiger partial charge in [0.2, 0.25) is 5.91 Å². The van der Waals surface area contributed by atoms with Crippen LogP contribution in [0.2, 0.25) is 0 Å². The fourth-order valence-electron chi connectivity index (χ4n) is 1.53. The van der Waals surface area contributed by atoms with Crippen molar-refractivity contribution < 1.29 is 19.1 Å². The molecule has 1 rings (SSSR count). The first-order valence-electron chi connectivity index (χ1n) is 5.09. The average Bonchev–Trinajstić information content (AvgIpc) is 2.64. The number of hydrogen-bond acceptors (Lipinski definition) is 4. The van der Waals surface area contributed by atoms with Crippen molar-refractivity contribution in [1.82, 2.24) is 5.32 Å². The summed E-state index contributed by atoms with van der Waals surface area (Å²) >= 11 is 0. The molecule has 1 fully saturated rings. The largest absolute Gasteiger partial charge is 0.469 e. The second-order valence-corrected chi connectivity index (χ2v) is 3.69. The molecule has 1 amide bonds. The minimum absolute atomic E-state index is 0.0387. The van der Waals surface area contributed by atoms with E-state index in [9.17, 15) is 9.59 Å². The predicted molar refractivity (Wildman–Crippen MR) is 53.2 cm³/mol. The SMILES string of the molecule is COC(=O)CCNC(=O)C1COC(C)C1. The highest BCUT2D eigenvalue weighted by atomic mass is 16.5. The van der Waals surface area contributed by atoms with Gasteiger partial charge in [-0.25, -0.2) is 0 Å². The molecule has 5 nitrogen and oxygen atoms in total. The lowest BCUT2D eigenvalue weighted by molar-refractivity contribution is -0.140. The second kappa shape index (κ2) is 5.70. The van der Waals surface area contributed by atoms with Crippen LogP contribution < -0.4 is 5.32 Å². The van der Waals surface area contributed by atoms with Crippen molar-refractivity contribution in [2.24, 2.45) is 5.92 Å². The van der Waals surface area contributed by atoms with E-state index >= 15 is 0 Å². The molecule has 1 aliphatic heterocycles. The summed E-state index contributed by atoms with van der Waals surface area (Å²) in [5, 5.41) is 2.69. The number of nitrogens with one attached hydrogen (secondary N) is 1. The average molecular weight is 215 g/mol. The second-order valence-electron chi connectivity index (χ2n) is 3.69. The van der Waals surface area contributed by atoms with Crippen LogP contribution in [0.1, 0.15) is 19.8 Å². The summed E-state index contributed by atoms with van der Waals surface area (Å²) in [6.07, 6.45) is 1.12. The van der Waals surface area contributed by atoms with Gasteiger partial charge in [-0.05, 0) is 13.3 Å². The standard InChI is InChI=1S/C10H17NO4/c1-7-5-8(6-15-7)10(13)11-4-3-9(12)14-2/h7-8H,3-6H2,1-2H3,(H,11,13). The Morgan fingerprint density at radius 2 is 2.27 bits per heavy atom. The van der Waals surface area contributed by atoms with E-state index in [2.05, 4.69) is 10.1 Å². The molecular formula is C10H17NO4. The van der Waals surface area contributed by atoms with Crippen LogP contribution in [0.15, 0.2) is 0 Å². The first-order chi connectivity index (χ1) is 7.13. The van der Waals surface area contributed by atoms with E-state index in [1.54, 1.807) is 0 Å². The number of ether oxygens (including phenoxy) is 2. The Hall–Kier alpha value is -1.10. The molecule has 0 bridgehead atoms. The Balaban J connectivity index is 2.16. The maximum atomic E-state index is 11.5. The van der Waals surface area contributed by atoms with Crippen molar-refractivity contribution in [1.29, 1.82) is 0 Å². The smallest absolute Gasteiger partial charge is 0.307 e. The molecule has 0 spiro atoms. The molecule has 86 valence electrons. The zero-order valence-corrected chi connectivity index (χ0v) is 9.12. The lowest BCUT2D eigenvalue weighted by atomic mass is 10.1. The van der Waals surface area contributed by atoms with E-state index in [0.717, 1.165) is 6.42 Å². The van der Waals surface area contributed by atoms with Gasteiger partial charge >= 0.3 is 5.97 Å². The summed E-state index contributed by atoms with van der Waals surface area (Å²) in [4.78, 5) is 22.3. The van der Waals surface area contributed by atoms with Crippen LogP contribution in [-0.4, -0.2) is 38.2 Å². The molecule has 0 aromatic carbocycles. The van der Waals surface area contributed by atoms with Crippen LogP contribution in [0.25, 0.3) is 0 Å². The molecule has 1 saturated heterocycles. The molecule has 0 aliphatic carbocycles. The molecule has 2 atom stereocenters. The third-order valence-electron chi connectivity index (χ3n) is 2.43. The van der Waals surface area contributed by atoms with Crippen LogP contribution >= 0.6 is 0 Å². The summed E-state index contributed by atoms with van der Waals surface area (Å²) in [6, 6.07) is 0. The number of rotatable bonds is 4. The number of carbonyl (C=O) groups excluding carboxylic acids is 2. The molecule has 1 N–H and O–H groups in total. The first kappa shape index (κ1) is 12.0. The third-order valence-corrected chi connectivity index (χ3v) is 2.43. The summed E-state index contributed by atoms with van der Waals surface area (Å²) < 4.78 is 9.74. The summed E-state index contributed by atoms with van der Waals surface area (Å²) in [5.41, 5.74) is 0. The zero-order valence-electron chi connectivity index (χ0n) is 9.12. The van der Waals surface area contributed by atoms with Gasteiger partial charge in [-0.3, -0.25) is 9.59 Å². The van der Waals surface area contributed by atoms with E-state index in [4.69, 9.17) is 4.74 Å². The predicted octanol–water partition coefficient (Wildman–Crippen LogP) is 0.0907. The van der Waals surface area contributed by atoms with Crippen molar-refractivity contribution in [3.8, 4) is 0 Å². The molecule has 1 aliphatic rings. The number of methoxy groups -OCH3 is 1. The third kappa shape index (κ3) is 3.87. The molecular weight excluding hydrogens is 198 g/mol. The normalized spacial score (nSPS) is 24.9. The van der Waals surface area contributed by atoms with Crippen LogP contribution in [0.3, 0.4) is 0 Å². The van der Waals surface area contributed by atoms with Gasteiger partial charge in [0, 0.05) is 6.54 Å². The fraction of sp³-hybridized carbons (Fsp3) is 0.800. The van der Waals surface area contributed by atoms with Crippen LogP contribution in [-0.2, 0) is 19.1 Å². The van der Waals surface area contributed by atoms with Gasteiger partial charge in [0.15, 0.2) is 0 Å². The molecule has 0 radical (unpaired) electrons. The Kier molecular flexibility index (Phi) is 4.55. The van der Waals surface area contributed by atoms with Crippen molar-refractivity contribution in [2.75, 3.05) is 20.3 Å². The van der Waals surface area contributed by atoms with Crippen molar-refractivity contribution in [3.63, 3.8) is 0 Å². The van der Waals surface area contributed by atoms with Crippen LogP contribution in [0, 0.1) is 5.92 Å². The van der Waals surface area contributed by atoms with E-state index in [1.165, 1.54) is 7.11 Å². The highest BCUT2D eigenvalue weighted by molar-refractivity contribution is 5.79. The van der Waals surface area contributed by atoms with Gasteiger partial charge in [-0.1, -0.05) is 0 Å². The van der Waals surface area contributed by atoms with Gasteiger partial charge in [-0.2, -0.15) is 0 Å². The highest BCUT2D eigenvalue weighted by Gasteiger charge is 2.27. The Morgan fingerprint density at radius 1 is 1.53 bits per heavy atom. The van der Waals surface area contributed by atoms with Gasteiger partial charge in [-0.15, -0.1) is 0 Å². The lowest BCUT2D eigenvalue weighted by Crippen LogP contribution is -2.32. The summed E-state index contributed by atoms with van der Waals surface area (Å²) in [5.74, 6) is -0.424. The summed E-state index contributed by atoms with van der Waals surface area (Å²) in [7, 11) is 1.33. The minimum atomic E-state index is -0.314. The Morgan fingerprint density at radius 3 is 2.80 bits per heavy atom. The number of esters is 1. The highest BCUT2D eigenvalue weighted by Crippen LogP contribution is 2.18. The zero-order chi connectivity index (χ0) is 11.3. The van der Waals surface area contributed by atoms with Gasteiger partial charge in [0.25, 0.3) is 0 Å². The van der Waals surface area contributed by atoms with E-state index in [1.807, 2.05) is 6.92 Å². The van der Waals surface area contributed by atoms with Crippen molar-refractivity contribution in [2.45, 2.75) is 25.9 Å². The van der Waals surface area contributed by atoms with Gasteiger partial charge < -0.3 is 14.8 Å². The van der Waals surface area contributed by atoms with Gasteiger partial charge in [0.05, 0.1) is 32.2 Å². The lowest BCUT2D eigenvalue weighted by Gasteiger charge is -2.08. The summed E-state index contributed by atoms with van der Waals surface area (Å²) in [6.45, 7) is 2.75. The number of hydrogen-bond donors (Lipinski definition) is 1. The monoisotopic (exact) mass is 215 g/mol. The fourth-order valence-corrected chi connectivity index (χ4v) is 1.53. The maximum Gasteiger partial charge on any atom is 0.307 e. The molecule has 0 aromatic rings. The molecule has 5 heteroatoms. The number of amides is 1. The van der Waals surface area contributed by atoms with Crippen molar-refractivity contribution >= 4 is 11.9 Å². The van der Waals surface area contributed by atoms with Crippen LogP contribution in [0.5, 0.6) is 0 Å². The maximum absolute atomic E-state index is 11.5. The number of carbonyl (C=O) groups is 2. The van der Waals surface area contributed by atoms with E-state index in [-0.39, 0.29) is 30.3 Å². The molecule has 0 saturated carbocycles. The quantitative estimate of drug-likeness (QED) is 0.675. The minimum Gasteiger partial charge on any atom is -0.469 e. The van der Waals surface area contributed by atoms with E-state index < -0.39 is 0 Å². The van der Waals surface area contributed by atoms with E-state index in [0.29, 0.717) is 13.2 Å². The molecule has 1 heterocycles. The van der Waals surface area contributed by atoms with Crippen molar-refractivity contribution in [3.05, 3.63) is 0 Å². The molecule has 0 aromatic heterocycles. The Labute approximate surface area is 89.1 Å². The molecule has 15 heavy (non-hydrogen) atoms. The molecule has 2 unspecified atom stereocenters. The van der Waals surface area contributed by atoms with Crippen LogP contribution in [0.4, 0.5) is 0 Å². The first-order valence-corrected chi connectivity index (χ1v) is 5.09. The van der Waals surface area contributed by atoms with Gasteiger partial charge in [0.1, 0.15) is 0 Å². The Bertz CT molecular complexity index is 242.